The Labute approximate surface area is 118 Å². The van der Waals surface area contributed by atoms with Crippen molar-refractivity contribution < 1.29 is 4.42 Å². The van der Waals surface area contributed by atoms with Crippen molar-refractivity contribution in [1.82, 2.24) is 15.3 Å². The zero-order valence-electron chi connectivity index (χ0n) is 12.2. The van der Waals surface area contributed by atoms with Crippen LogP contribution in [-0.4, -0.2) is 36.1 Å². The number of nitrogens with one attached hydrogen (secondary N) is 1. The first-order valence-corrected chi connectivity index (χ1v) is 7.04. The highest BCUT2D eigenvalue weighted by Gasteiger charge is 2.29. The predicted octanol–water partition coefficient (Wildman–Crippen LogP) is 1.41. The van der Waals surface area contributed by atoms with Crippen molar-refractivity contribution in [2.75, 3.05) is 30.8 Å². The maximum atomic E-state index is 5.86. The van der Waals surface area contributed by atoms with Crippen LogP contribution in [0.2, 0.25) is 0 Å². The molecule has 2 aromatic heterocycles. The number of furan rings is 1. The van der Waals surface area contributed by atoms with Gasteiger partial charge in [-0.15, -0.1) is 0 Å². The third-order valence-electron chi connectivity index (χ3n) is 3.71. The molecule has 3 N–H and O–H groups in total. The van der Waals surface area contributed by atoms with E-state index in [4.69, 9.17) is 10.2 Å². The van der Waals surface area contributed by atoms with E-state index in [-0.39, 0.29) is 0 Å². The average molecular weight is 275 g/mol. The number of hydrogen-bond donors (Lipinski definition) is 2. The fourth-order valence-corrected chi connectivity index (χ4v) is 2.60. The average Bonchev–Trinajstić information content (AvgIpc) is 2.70. The molecule has 2 aromatic rings. The SMILES string of the molecule is CNC1CN(c2nc(N)nc3c(CC(C)C)coc23)C1. The fraction of sp³-hybridized carbons (Fsp3) is 0.571. The van der Waals surface area contributed by atoms with Crippen LogP contribution in [0.4, 0.5) is 11.8 Å². The highest BCUT2D eigenvalue weighted by Crippen LogP contribution is 2.31. The van der Waals surface area contributed by atoms with Gasteiger partial charge in [0, 0.05) is 24.7 Å². The van der Waals surface area contributed by atoms with Gasteiger partial charge in [-0.1, -0.05) is 13.8 Å². The molecule has 0 amide bonds. The molecular weight excluding hydrogens is 254 g/mol. The highest BCUT2D eigenvalue weighted by molar-refractivity contribution is 5.88. The van der Waals surface area contributed by atoms with Gasteiger partial charge in [-0.3, -0.25) is 0 Å². The second kappa shape index (κ2) is 4.94. The second-order valence-corrected chi connectivity index (χ2v) is 5.83. The second-order valence-electron chi connectivity index (χ2n) is 5.83. The summed E-state index contributed by atoms with van der Waals surface area (Å²) in [6.45, 7) is 6.19. The Morgan fingerprint density at radius 3 is 2.85 bits per heavy atom. The molecule has 0 aromatic carbocycles. The summed E-state index contributed by atoms with van der Waals surface area (Å²) < 4.78 is 5.72. The van der Waals surface area contributed by atoms with Crippen LogP contribution >= 0.6 is 0 Å². The fourth-order valence-electron chi connectivity index (χ4n) is 2.60. The number of rotatable bonds is 4. The number of aromatic nitrogens is 2. The number of likely N-dealkylation sites (N-methyl/N-ethyl adjacent to an activating group) is 1. The molecule has 1 aliphatic rings. The molecule has 0 bridgehead atoms. The number of hydrogen-bond acceptors (Lipinski definition) is 6. The number of fused-ring (bicyclic) bond motifs is 1. The van der Waals surface area contributed by atoms with Crippen LogP contribution in [0.3, 0.4) is 0 Å². The Morgan fingerprint density at radius 2 is 2.20 bits per heavy atom. The van der Waals surface area contributed by atoms with Crippen LogP contribution in [-0.2, 0) is 6.42 Å². The number of anilines is 2. The molecule has 20 heavy (non-hydrogen) atoms. The van der Waals surface area contributed by atoms with E-state index in [1.807, 2.05) is 7.05 Å². The van der Waals surface area contributed by atoms with E-state index in [1.165, 1.54) is 0 Å². The molecule has 0 radical (unpaired) electrons. The lowest BCUT2D eigenvalue weighted by atomic mass is 10.0. The zero-order chi connectivity index (χ0) is 14.3. The summed E-state index contributed by atoms with van der Waals surface area (Å²) in [6, 6.07) is 0.506. The van der Waals surface area contributed by atoms with Crippen LogP contribution < -0.4 is 16.0 Å². The molecule has 6 heteroatoms. The minimum atomic E-state index is 0.312. The molecule has 3 heterocycles. The van der Waals surface area contributed by atoms with E-state index in [0.29, 0.717) is 17.9 Å². The summed E-state index contributed by atoms with van der Waals surface area (Å²) in [4.78, 5) is 10.9. The summed E-state index contributed by atoms with van der Waals surface area (Å²) in [6.07, 6.45) is 2.72. The summed E-state index contributed by atoms with van der Waals surface area (Å²) >= 11 is 0. The van der Waals surface area contributed by atoms with Crippen LogP contribution in [0.1, 0.15) is 19.4 Å². The van der Waals surface area contributed by atoms with Crippen LogP contribution in [0, 0.1) is 5.92 Å². The standard InChI is InChI=1S/C14H21N5O/c1-8(2)4-9-7-20-12-11(9)17-14(15)18-13(12)19-5-10(6-19)16-3/h7-8,10,16H,4-6H2,1-3H3,(H2,15,17,18). The lowest BCUT2D eigenvalue weighted by Crippen LogP contribution is -2.57. The van der Waals surface area contributed by atoms with E-state index in [0.717, 1.165) is 42.0 Å². The van der Waals surface area contributed by atoms with Crippen molar-refractivity contribution in [2.24, 2.45) is 5.92 Å². The lowest BCUT2D eigenvalue weighted by molar-refractivity contribution is 0.446. The quantitative estimate of drug-likeness (QED) is 0.878. The maximum absolute atomic E-state index is 5.86. The minimum absolute atomic E-state index is 0.312. The van der Waals surface area contributed by atoms with Gasteiger partial charge in [0.2, 0.25) is 5.95 Å². The van der Waals surface area contributed by atoms with Gasteiger partial charge in [-0.25, -0.2) is 4.98 Å². The molecular formula is C14H21N5O. The third kappa shape index (κ3) is 2.20. The molecule has 3 rings (SSSR count). The maximum Gasteiger partial charge on any atom is 0.222 e. The van der Waals surface area contributed by atoms with Gasteiger partial charge in [0.15, 0.2) is 11.4 Å². The van der Waals surface area contributed by atoms with Gasteiger partial charge in [-0.2, -0.15) is 4.98 Å². The first kappa shape index (κ1) is 13.2. The molecule has 1 aliphatic heterocycles. The van der Waals surface area contributed by atoms with E-state index >= 15 is 0 Å². The molecule has 0 unspecified atom stereocenters. The first-order valence-electron chi connectivity index (χ1n) is 7.04. The molecule has 0 atom stereocenters. The van der Waals surface area contributed by atoms with Gasteiger partial charge in [0.1, 0.15) is 5.52 Å². The zero-order valence-corrected chi connectivity index (χ0v) is 12.2. The van der Waals surface area contributed by atoms with E-state index in [9.17, 15) is 0 Å². The summed E-state index contributed by atoms with van der Waals surface area (Å²) in [5.74, 6) is 1.67. The number of nitrogens with zero attached hydrogens (tertiary/aromatic N) is 3. The minimum Gasteiger partial charge on any atom is -0.458 e. The molecule has 108 valence electrons. The smallest absolute Gasteiger partial charge is 0.222 e. The topological polar surface area (TPSA) is 80.2 Å². The first-order chi connectivity index (χ1) is 9.58. The lowest BCUT2D eigenvalue weighted by Gasteiger charge is -2.39. The van der Waals surface area contributed by atoms with Gasteiger partial charge >= 0.3 is 0 Å². The van der Waals surface area contributed by atoms with Crippen molar-refractivity contribution in [3.63, 3.8) is 0 Å². The Bertz CT molecular complexity index is 615. The molecule has 0 aliphatic carbocycles. The van der Waals surface area contributed by atoms with Crippen molar-refractivity contribution in [1.29, 1.82) is 0 Å². The molecule has 0 saturated carbocycles. The van der Waals surface area contributed by atoms with Crippen molar-refractivity contribution in [3.05, 3.63) is 11.8 Å². The molecule has 1 fully saturated rings. The van der Waals surface area contributed by atoms with Crippen LogP contribution in [0.15, 0.2) is 10.7 Å². The predicted molar refractivity (Wildman–Crippen MR) is 79.8 cm³/mol. The van der Waals surface area contributed by atoms with Crippen molar-refractivity contribution in [3.8, 4) is 0 Å². The Balaban J connectivity index is 1.98. The van der Waals surface area contributed by atoms with Crippen molar-refractivity contribution in [2.45, 2.75) is 26.3 Å². The number of nitrogens with two attached hydrogens (primary N) is 1. The Hall–Kier alpha value is -1.82. The molecule has 1 saturated heterocycles. The Kier molecular flexibility index (Phi) is 3.25. The van der Waals surface area contributed by atoms with Crippen LogP contribution in [0.25, 0.3) is 11.1 Å². The van der Waals surface area contributed by atoms with Gasteiger partial charge < -0.3 is 20.4 Å². The van der Waals surface area contributed by atoms with E-state index in [2.05, 4.69) is 34.0 Å². The van der Waals surface area contributed by atoms with Crippen LogP contribution in [0.5, 0.6) is 0 Å². The normalized spacial score (nSPS) is 16.1. The van der Waals surface area contributed by atoms with E-state index < -0.39 is 0 Å². The third-order valence-corrected chi connectivity index (χ3v) is 3.71. The summed E-state index contributed by atoms with van der Waals surface area (Å²) in [5, 5.41) is 3.25. The number of nitrogen functional groups attached to an aromatic ring is 1. The monoisotopic (exact) mass is 275 g/mol. The molecule has 0 spiro atoms. The van der Waals surface area contributed by atoms with Gasteiger partial charge in [0.25, 0.3) is 0 Å². The summed E-state index contributed by atoms with van der Waals surface area (Å²) in [7, 11) is 1.97. The van der Waals surface area contributed by atoms with Gasteiger partial charge in [-0.05, 0) is 19.4 Å². The largest absolute Gasteiger partial charge is 0.458 e. The highest BCUT2D eigenvalue weighted by atomic mass is 16.3. The van der Waals surface area contributed by atoms with E-state index in [1.54, 1.807) is 6.26 Å². The summed E-state index contributed by atoms with van der Waals surface area (Å²) in [5.41, 5.74) is 8.58. The van der Waals surface area contributed by atoms with Gasteiger partial charge in [0.05, 0.1) is 6.26 Å². The van der Waals surface area contributed by atoms with Crippen molar-refractivity contribution >= 4 is 22.9 Å². The molecule has 6 nitrogen and oxygen atoms in total. The Morgan fingerprint density at radius 1 is 1.45 bits per heavy atom.